The van der Waals surface area contributed by atoms with Gasteiger partial charge >= 0.3 is 0 Å². The molecule has 0 spiro atoms. The summed E-state index contributed by atoms with van der Waals surface area (Å²) in [6.07, 6.45) is 6.52. The average Bonchev–Trinajstić information content (AvgIpc) is 3.13. The van der Waals surface area contributed by atoms with Gasteiger partial charge in [-0.1, -0.05) is 140 Å². The van der Waals surface area contributed by atoms with E-state index in [1.807, 2.05) is 6.07 Å². The topological polar surface area (TPSA) is 12.5 Å². The van der Waals surface area contributed by atoms with Gasteiger partial charge in [0, 0.05) is 28.2 Å². The molecule has 45 heavy (non-hydrogen) atoms. The second kappa shape index (κ2) is 13.0. The van der Waals surface area contributed by atoms with Crippen LogP contribution < -0.4 is 9.64 Å². The van der Waals surface area contributed by atoms with E-state index < -0.39 is 0 Å². The molecule has 218 valence electrons. The van der Waals surface area contributed by atoms with Gasteiger partial charge in [-0.25, -0.2) is 0 Å². The lowest BCUT2D eigenvalue weighted by molar-refractivity contribution is 0.418. The molecule has 0 atom stereocenters. The summed E-state index contributed by atoms with van der Waals surface area (Å²) in [6.45, 7) is 0. The van der Waals surface area contributed by atoms with Crippen LogP contribution in [0.4, 0.5) is 11.4 Å². The maximum absolute atomic E-state index is 6.00. The zero-order valence-corrected chi connectivity index (χ0v) is 25.4. The van der Waals surface area contributed by atoms with Crippen LogP contribution in [-0.2, 0) is 0 Å². The summed E-state index contributed by atoms with van der Waals surface area (Å²) in [5.74, 6) is 0.887. The van der Waals surface area contributed by atoms with E-state index in [1.54, 1.807) is 7.11 Å². The summed E-state index contributed by atoms with van der Waals surface area (Å²) in [6, 6.07) is 55.8. The maximum atomic E-state index is 6.00. The minimum atomic E-state index is 0.887. The molecule has 1 aliphatic carbocycles. The number of anilines is 2. The fourth-order valence-corrected chi connectivity index (χ4v) is 6.24. The highest BCUT2D eigenvalue weighted by atomic mass is 16.5. The molecule has 0 aliphatic heterocycles. The number of para-hydroxylation sites is 1. The Morgan fingerprint density at radius 3 is 1.40 bits per heavy atom. The van der Waals surface area contributed by atoms with Crippen LogP contribution in [0.15, 0.2) is 176 Å². The third kappa shape index (κ3) is 5.96. The van der Waals surface area contributed by atoms with Gasteiger partial charge in [0.2, 0.25) is 0 Å². The first-order valence-electron chi connectivity index (χ1n) is 15.5. The van der Waals surface area contributed by atoms with Crippen LogP contribution in [-0.4, -0.2) is 7.11 Å². The standard InChI is InChI=1S/C43H35NO/c1-45-43-41(36-16-9-4-10-17-36)18-11-19-42(43)37-24-30-40(31-25-37)44(38-26-20-34(21-27-38)32-12-5-2-6-13-32)39-28-22-35(23-29-39)33-14-7-3-8-15-33/h2-22,24-28,30-31H,23,29H2,1H3. The Kier molecular flexibility index (Phi) is 8.11. The molecule has 7 rings (SSSR count). The van der Waals surface area contributed by atoms with Crippen molar-refractivity contribution < 1.29 is 4.74 Å². The summed E-state index contributed by atoms with van der Waals surface area (Å²) in [7, 11) is 1.76. The monoisotopic (exact) mass is 581 g/mol. The van der Waals surface area contributed by atoms with Crippen molar-refractivity contribution in [3.8, 4) is 39.1 Å². The number of rotatable bonds is 8. The van der Waals surface area contributed by atoms with Crippen molar-refractivity contribution in [2.24, 2.45) is 0 Å². The van der Waals surface area contributed by atoms with Crippen LogP contribution in [0, 0.1) is 0 Å². The van der Waals surface area contributed by atoms with Gasteiger partial charge in [-0.15, -0.1) is 0 Å². The van der Waals surface area contributed by atoms with Crippen LogP contribution in [0.1, 0.15) is 18.4 Å². The SMILES string of the molecule is COc1c(-c2ccccc2)cccc1-c1ccc(N(C2=CC=C(c3ccccc3)CC2)c2ccc(-c3ccccc3)cc2)cc1. The molecule has 0 aromatic heterocycles. The zero-order chi connectivity index (χ0) is 30.4. The number of benzene rings is 6. The lowest BCUT2D eigenvalue weighted by Crippen LogP contribution is -2.17. The van der Waals surface area contributed by atoms with Crippen molar-refractivity contribution in [3.05, 3.63) is 181 Å². The molecular formula is C43H35NO. The highest BCUT2D eigenvalue weighted by Gasteiger charge is 2.19. The van der Waals surface area contributed by atoms with Gasteiger partial charge in [0.15, 0.2) is 0 Å². The van der Waals surface area contributed by atoms with Gasteiger partial charge in [-0.2, -0.15) is 0 Å². The fourth-order valence-electron chi connectivity index (χ4n) is 6.24. The highest BCUT2D eigenvalue weighted by Crippen LogP contribution is 2.41. The molecule has 0 bridgehead atoms. The molecule has 1 aliphatic rings. The highest BCUT2D eigenvalue weighted by molar-refractivity contribution is 5.84. The van der Waals surface area contributed by atoms with E-state index in [0.717, 1.165) is 52.2 Å². The molecule has 0 saturated carbocycles. The van der Waals surface area contributed by atoms with Crippen LogP contribution in [0.25, 0.3) is 39.0 Å². The number of hydrogen-bond donors (Lipinski definition) is 0. The molecule has 0 heterocycles. The molecule has 2 nitrogen and oxygen atoms in total. The van der Waals surface area contributed by atoms with Crippen LogP contribution in [0.3, 0.4) is 0 Å². The van der Waals surface area contributed by atoms with E-state index in [4.69, 9.17) is 4.74 Å². The predicted molar refractivity (Wildman–Crippen MR) is 190 cm³/mol. The van der Waals surface area contributed by atoms with E-state index in [-0.39, 0.29) is 0 Å². The van der Waals surface area contributed by atoms with Crippen molar-refractivity contribution in [2.45, 2.75) is 12.8 Å². The molecule has 2 heteroatoms. The molecule has 0 saturated heterocycles. The summed E-state index contributed by atoms with van der Waals surface area (Å²) < 4.78 is 6.00. The summed E-state index contributed by atoms with van der Waals surface area (Å²) in [5, 5.41) is 0. The smallest absolute Gasteiger partial charge is 0.134 e. The van der Waals surface area contributed by atoms with Crippen LogP contribution in [0.5, 0.6) is 5.75 Å². The van der Waals surface area contributed by atoms with Crippen molar-refractivity contribution in [3.63, 3.8) is 0 Å². The molecule has 0 unspecified atom stereocenters. The first-order valence-corrected chi connectivity index (χ1v) is 15.5. The molecule has 6 aromatic rings. The molecule has 6 aromatic carbocycles. The molecule has 0 fully saturated rings. The Morgan fingerprint density at radius 2 is 0.889 bits per heavy atom. The summed E-state index contributed by atoms with van der Waals surface area (Å²) in [4.78, 5) is 2.40. The number of methoxy groups -OCH3 is 1. The van der Waals surface area contributed by atoms with Crippen LogP contribution >= 0.6 is 0 Å². The van der Waals surface area contributed by atoms with Gasteiger partial charge in [0.25, 0.3) is 0 Å². The van der Waals surface area contributed by atoms with E-state index >= 15 is 0 Å². The Labute approximate surface area is 266 Å². The number of hydrogen-bond acceptors (Lipinski definition) is 2. The van der Waals surface area contributed by atoms with Crippen molar-refractivity contribution in [1.29, 1.82) is 0 Å². The Bertz CT molecular complexity index is 1940. The third-order valence-corrected chi connectivity index (χ3v) is 8.53. The van der Waals surface area contributed by atoms with Gasteiger partial charge in [0.1, 0.15) is 5.75 Å². The third-order valence-electron chi connectivity index (χ3n) is 8.53. The zero-order valence-electron chi connectivity index (χ0n) is 25.4. The quantitative estimate of drug-likeness (QED) is 0.177. The van der Waals surface area contributed by atoms with Crippen LogP contribution in [0.2, 0.25) is 0 Å². The second-order valence-corrected chi connectivity index (χ2v) is 11.3. The fraction of sp³-hybridized carbons (Fsp3) is 0.0698. The Morgan fingerprint density at radius 1 is 0.422 bits per heavy atom. The summed E-state index contributed by atoms with van der Waals surface area (Å²) in [5.41, 5.74) is 13.1. The molecule has 0 radical (unpaired) electrons. The Hall–Kier alpha value is -5.60. The van der Waals surface area contributed by atoms with Gasteiger partial charge in [0.05, 0.1) is 7.11 Å². The lowest BCUT2D eigenvalue weighted by atomic mass is 9.94. The van der Waals surface area contributed by atoms with E-state index in [0.29, 0.717) is 0 Å². The van der Waals surface area contributed by atoms with Gasteiger partial charge in [-0.05, 0) is 76.6 Å². The predicted octanol–water partition coefficient (Wildman–Crippen LogP) is 11.6. The van der Waals surface area contributed by atoms with Gasteiger partial charge < -0.3 is 9.64 Å². The Balaban J connectivity index is 1.26. The lowest BCUT2D eigenvalue weighted by Gasteiger charge is -2.30. The van der Waals surface area contributed by atoms with Crippen molar-refractivity contribution in [1.82, 2.24) is 0 Å². The number of ether oxygens (including phenoxy) is 1. The number of allylic oxidation sites excluding steroid dienone is 4. The van der Waals surface area contributed by atoms with Gasteiger partial charge in [-0.3, -0.25) is 0 Å². The maximum Gasteiger partial charge on any atom is 0.134 e. The van der Waals surface area contributed by atoms with E-state index in [9.17, 15) is 0 Å². The average molecular weight is 582 g/mol. The molecule has 0 N–H and O–H groups in total. The first kappa shape index (κ1) is 28.2. The number of nitrogens with zero attached hydrogens (tertiary/aromatic N) is 1. The molecular weight excluding hydrogens is 546 g/mol. The van der Waals surface area contributed by atoms with Crippen molar-refractivity contribution in [2.75, 3.05) is 12.0 Å². The first-order chi connectivity index (χ1) is 22.3. The van der Waals surface area contributed by atoms with E-state index in [2.05, 4.69) is 169 Å². The largest absolute Gasteiger partial charge is 0.495 e. The van der Waals surface area contributed by atoms with E-state index in [1.165, 1.54) is 28.0 Å². The van der Waals surface area contributed by atoms with Crippen molar-refractivity contribution >= 4 is 16.9 Å². The normalized spacial score (nSPS) is 12.6. The second-order valence-electron chi connectivity index (χ2n) is 11.3. The molecule has 0 amide bonds. The minimum Gasteiger partial charge on any atom is -0.495 e. The minimum absolute atomic E-state index is 0.887. The summed E-state index contributed by atoms with van der Waals surface area (Å²) >= 11 is 0.